The molecule has 0 aliphatic carbocycles. The third-order valence-corrected chi connectivity index (χ3v) is 7.70. The van der Waals surface area contributed by atoms with Gasteiger partial charge in [0.1, 0.15) is 4.90 Å². The molecular weight excluding hydrogens is 410 g/mol. The molecule has 0 N–H and O–H groups in total. The zero-order valence-corrected chi connectivity index (χ0v) is 17.2. The van der Waals surface area contributed by atoms with E-state index >= 15 is 0 Å². The predicted molar refractivity (Wildman–Crippen MR) is 107 cm³/mol. The van der Waals surface area contributed by atoms with Crippen molar-refractivity contribution in [3.63, 3.8) is 0 Å². The molecule has 2 aliphatic rings. The molecule has 30 heavy (non-hydrogen) atoms. The van der Waals surface area contributed by atoms with Crippen LogP contribution in [0.1, 0.15) is 24.8 Å². The van der Waals surface area contributed by atoms with Gasteiger partial charge in [-0.25, -0.2) is 17.2 Å². The minimum Gasteiger partial charge on any atom is -0.299 e. The van der Waals surface area contributed by atoms with Gasteiger partial charge >= 0.3 is 0 Å². The van der Waals surface area contributed by atoms with E-state index in [2.05, 4.69) is 11.1 Å². The number of pyridine rings is 1. The molecule has 1 aromatic heterocycles. The third kappa shape index (κ3) is 4.21. The summed E-state index contributed by atoms with van der Waals surface area (Å²) in [4.78, 5) is 6.39. The Hall–Kier alpha value is -2.41. The summed E-state index contributed by atoms with van der Waals surface area (Å²) in [5.74, 6) is -2.61. The van der Waals surface area contributed by atoms with E-state index in [1.165, 1.54) is 16.6 Å². The molecule has 3 heterocycles. The van der Waals surface area contributed by atoms with Crippen LogP contribution in [0.15, 0.2) is 47.5 Å². The lowest BCUT2D eigenvalue weighted by molar-refractivity contribution is -0.0618. The maximum atomic E-state index is 13.4. The van der Waals surface area contributed by atoms with Crippen LogP contribution in [0.3, 0.4) is 0 Å². The Kier molecular flexibility index (Phi) is 5.57. The van der Waals surface area contributed by atoms with Gasteiger partial charge in [0.2, 0.25) is 10.0 Å². The zero-order chi connectivity index (χ0) is 21.4. The fraction of sp³-hybridized carbons (Fsp3) is 0.429. The van der Waals surface area contributed by atoms with Crippen molar-refractivity contribution < 1.29 is 17.2 Å². The SMILES string of the molecule is N#Cc1ccc(-c2ccc(S(=O)(=O)N3CC[C@@H](N4CCC(F)(F)CC4)C3)cn2)cc1. The van der Waals surface area contributed by atoms with Crippen LogP contribution in [0.25, 0.3) is 11.3 Å². The summed E-state index contributed by atoms with van der Waals surface area (Å²) in [5.41, 5.74) is 1.95. The maximum absolute atomic E-state index is 13.4. The van der Waals surface area contributed by atoms with Crippen LogP contribution in [-0.4, -0.2) is 60.8 Å². The van der Waals surface area contributed by atoms with Gasteiger partial charge in [-0.15, -0.1) is 0 Å². The highest BCUT2D eigenvalue weighted by Crippen LogP contribution is 2.31. The van der Waals surface area contributed by atoms with Gasteiger partial charge in [0.05, 0.1) is 17.3 Å². The molecule has 2 aromatic rings. The van der Waals surface area contributed by atoms with Crippen molar-refractivity contribution in [2.45, 2.75) is 36.1 Å². The van der Waals surface area contributed by atoms with E-state index in [0.717, 1.165) is 5.56 Å². The molecule has 6 nitrogen and oxygen atoms in total. The molecule has 0 radical (unpaired) electrons. The first-order valence-electron chi connectivity index (χ1n) is 9.87. The number of benzene rings is 1. The summed E-state index contributed by atoms with van der Waals surface area (Å²) in [6.45, 7) is 1.28. The molecule has 0 bridgehead atoms. The van der Waals surface area contributed by atoms with Crippen molar-refractivity contribution in [3.05, 3.63) is 48.2 Å². The van der Waals surface area contributed by atoms with Crippen LogP contribution in [0.5, 0.6) is 0 Å². The van der Waals surface area contributed by atoms with Crippen molar-refractivity contribution in [3.8, 4) is 17.3 Å². The minimum atomic E-state index is -3.69. The van der Waals surface area contributed by atoms with Gasteiger partial charge in [0, 0.05) is 56.8 Å². The Morgan fingerprint density at radius 1 is 1.07 bits per heavy atom. The molecule has 4 rings (SSSR count). The Bertz CT molecular complexity index is 1040. The second-order valence-electron chi connectivity index (χ2n) is 7.77. The molecule has 2 fully saturated rings. The van der Waals surface area contributed by atoms with Gasteiger partial charge in [-0.1, -0.05) is 12.1 Å². The molecule has 158 valence electrons. The van der Waals surface area contributed by atoms with E-state index in [-0.39, 0.29) is 23.8 Å². The van der Waals surface area contributed by atoms with Gasteiger partial charge < -0.3 is 0 Å². The van der Waals surface area contributed by atoms with Gasteiger partial charge in [0.15, 0.2) is 0 Å². The van der Waals surface area contributed by atoms with Crippen LogP contribution in [-0.2, 0) is 10.0 Å². The Labute approximate surface area is 174 Å². The van der Waals surface area contributed by atoms with E-state index in [0.29, 0.717) is 43.9 Å². The summed E-state index contributed by atoms with van der Waals surface area (Å²) in [7, 11) is -3.69. The van der Waals surface area contributed by atoms with Gasteiger partial charge in [-0.2, -0.15) is 9.57 Å². The number of hydrogen-bond donors (Lipinski definition) is 0. The van der Waals surface area contributed by atoms with E-state index in [9.17, 15) is 17.2 Å². The highest BCUT2D eigenvalue weighted by Gasteiger charge is 2.40. The minimum absolute atomic E-state index is 0.0262. The largest absolute Gasteiger partial charge is 0.299 e. The number of alkyl halides is 2. The maximum Gasteiger partial charge on any atom is 0.250 e. The first-order chi connectivity index (χ1) is 14.3. The number of rotatable bonds is 4. The smallest absolute Gasteiger partial charge is 0.250 e. The summed E-state index contributed by atoms with van der Waals surface area (Å²) in [6, 6.07) is 12.1. The zero-order valence-electron chi connectivity index (χ0n) is 16.3. The Balaban J connectivity index is 1.44. The van der Waals surface area contributed by atoms with E-state index in [1.807, 2.05) is 4.90 Å². The molecule has 2 saturated heterocycles. The molecular formula is C21H22F2N4O2S. The topological polar surface area (TPSA) is 77.3 Å². The number of nitriles is 1. The molecule has 0 spiro atoms. The molecule has 1 aromatic carbocycles. The van der Waals surface area contributed by atoms with Crippen LogP contribution in [0.2, 0.25) is 0 Å². The number of halogens is 2. The van der Waals surface area contributed by atoms with Gasteiger partial charge in [-0.3, -0.25) is 9.88 Å². The molecule has 0 amide bonds. The standard InChI is InChI=1S/C21H22F2N4O2S/c22-21(23)8-11-26(12-9-21)18-7-10-27(15-18)30(28,29)19-5-6-20(25-14-19)17-3-1-16(13-24)2-4-17/h1-6,14,18H,7-12,15H2/t18-/m1/s1. The van der Waals surface area contributed by atoms with Crippen molar-refractivity contribution in [1.29, 1.82) is 5.26 Å². The number of nitrogens with zero attached hydrogens (tertiary/aromatic N) is 4. The fourth-order valence-corrected chi connectivity index (χ4v) is 5.45. The van der Waals surface area contributed by atoms with Crippen molar-refractivity contribution in [1.82, 2.24) is 14.2 Å². The normalized spacial score (nSPS) is 22.6. The van der Waals surface area contributed by atoms with Crippen molar-refractivity contribution in [2.75, 3.05) is 26.2 Å². The van der Waals surface area contributed by atoms with E-state index in [4.69, 9.17) is 5.26 Å². The van der Waals surface area contributed by atoms with E-state index < -0.39 is 15.9 Å². The van der Waals surface area contributed by atoms with Crippen molar-refractivity contribution in [2.24, 2.45) is 0 Å². The quantitative estimate of drug-likeness (QED) is 0.742. The summed E-state index contributed by atoms with van der Waals surface area (Å²) >= 11 is 0. The Morgan fingerprint density at radius 2 is 1.77 bits per heavy atom. The lowest BCUT2D eigenvalue weighted by Gasteiger charge is -2.35. The second-order valence-corrected chi connectivity index (χ2v) is 9.70. The fourth-order valence-electron chi connectivity index (χ4n) is 4.01. The molecule has 0 saturated carbocycles. The number of piperidine rings is 1. The van der Waals surface area contributed by atoms with Gasteiger partial charge in [-0.05, 0) is 30.7 Å². The van der Waals surface area contributed by atoms with Crippen LogP contribution in [0.4, 0.5) is 8.78 Å². The lowest BCUT2D eigenvalue weighted by Crippen LogP contribution is -2.46. The number of hydrogen-bond acceptors (Lipinski definition) is 5. The van der Waals surface area contributed by atoms with Crippen LogP contribution < -0.4 is 0 Å². The highest BCUT2D eigenvalue weighted by atomic mass is 32.2. The first kappa shape index (κ1) is 20.8. The summed E-state index contributed by atoms with van der Waals surface area (Å²) in [5, 5.41) is 8.88. The molecule has 0 unspecified atom stereocenters. The predicted octanol–water partition coefficient (Wildman–Crippen LogP) is 3.11. The average molecular weight is 432 g/mol. The highest BCUT2D eigenvalue weighted by molar-refractivity contribution is 7.89. The number of sulfonamides is 1. The summed E-state index contributed by atoms with van der Waals surface area (Å²) in [6.07, 6.45) is 1.65. The van der Waals surface area contributed by atoms with E-state index in [1.54, 1.807) is 30.3 Å². The molecule has 9 heteroatoms. The Morgan fingerprint density at radius 3 is 2.37 bits per heavy atom. The molecule has 1 atom stereocenters. The van der Waals surface area contributed by atoms with Crippen LogP contribution >= 0.6 is 0 Å². The third-order valence-electron chi connectivity index (χ3n) is 5.86. The first-order valence-corrected chi connectivity index (χ1v) is 11.3. The monoisotopic (exact) mass is 432 g/mol. The van der Waals surface area contributed by atoms with Crippen molar-refractivity contribution >= 4 is 10.0 Å². The molecule has 2 aliphatic heterocycles. The average Bonchev–Trinajstić information content (AvgIpc) is 3.25. The van der Waals surface area contributed by atoms with Gasteiger partial charge in [0.25, 0.3) is 5.92 Å². The lowest BCUT2D eigenvalue weighted by atomic mass is 10.0. The number of likely N-dealkylation sites (tertiary alicyclic amines) is 1. The number of aromatic nitrogens is 1. The second kappa shape index (κ2) is 8.02. The van der Waals surface area contributed by atoms with Crippen LogP contribution in [0, 0.1) is 11.3 Å². The summed E-state index contributed by atoms with van der Waals surface area (Å²) < 4.78 is 54.2.